The molecule has 0 aromatic rings. The minimum Gasteiger partial charge on any atom is -0.393 e. The highest BCUT2D eigenvalue weighted by Crippen LogP contribution is 2.64. The van der Waals surface area contributed by atoms with E-state index in [-0.39, 0.29) is 35.2 Å². The maximum absolute atomic E-state index is 12.8. The van der Waals surface area contributed by atoms with E-state index < -0.39 is 17.8 Å². The number of aliphatic hydroxyl groups excluding tert-OH is 3. The second-order valence-corrected chi connectivity index (χ2v) is 10.0. The third-order valence-electron chi connectivity index (χ3n) is 8.38. The van der Waals surface area contributed by atoms with E-state index in [1.807, 2.05) is 0 Å². The second-order valence-electron chi connectivity index (χ2n) is 10.0. The first-order valence-electron chi connectivity index (χ1n) is 10.2. The number of aliphatic hydroxyl groups is 3. The van der Waals surface area contributed by atoms with Crippen molar-refractivity contribution in [3.8, 4) is 0 Å². The lowest BCUT2D eigenvalue weighted by Gasteiger charge is -2.59. The average Bonchev–Trinajstić information content (AvgIpc) is 3.35. The van der Waals surface area contributed by atoms with Crippen LogP contribution in [-0.4, -0.2) is 51.6 Å². The molecule has 150 valence electrons. The molecule has 3 N–H and O–H groups in total. The van der Waals surface area contributed by atoms with E-state index >= 15 is 0 Å². The van der Waals surface area contributed by atoms with Gasteiger partial charge >= 0.3 is 0 Å². The van der Waals surface area contributed by atoms with Gasteiger partial charge in [-0.25, -0.2) is 0 Å². The summed E-state index contributed by atoms with van der Waals surface area (Å²) in [5.74, 6) is 0.328. The second kappa shape index (κ2) is 5.99. The van der Waals surface area contributed by atoms with Crippen LogP contribution >= 0.6 is 0 Å². The molecule has 3 aliphatic carbocycles. The highest BCUT2D eigenvalue weighted by Gasteiger charge is 2.69. The number of ether oxygens (including phenoxy) is 1. The Morgan fingerprint density at radius 1 is 1.26 bits per heavy atom. The van der Waals surface area contributed by atoms with Gasteiger partial charge in [-0.2, -0.15) is 0 Å². The van der Waals surface area contributed by atoms with Crippen LogP contribution in [0, 0.1) is 22.7 Å². The van der Waals surface area contributed by atoms with Gasteiger partial charge in [-0.15, -0.1) is 0 Å². The van der Waals surface area contributed by atoms with Gasteiger partial charge in [0, 0.05) is 0 Å². The molecule has 4 aliphatic rings. The molecular weight excluding hydrogens is 344 g/mol. The van der Waals surface area contributed by atoms with Gasteiger partial charge in [-0.1, -0.05) is 32.9 Å². The fraction of sp³-hybridized carbons (Fsp3) is 0.773. The van der Waals surface area contributed by atoms with E-state index in [2.05, 4.69) is 27.4 Å². The number of hydrogen-bond donors (Lipinski definition) is 3. The molecule has 5 heteroatoms. The monoisotopic (exact) mass is 376 g/mol. The lowest BCUT2D eigenvalue weighted by atomic mass is 9.46. The predicted molar refractivity (Wildman–Crippen MR) is 101 cm³/mol. The van der Waals surface area contributed by atoms with Gasteiger partial charge in [0.25, 0.3) is 0 Å². The van der Waals surface area contributed by atoms with Crippen LogP contribution < -0.4 is 0 Å². The summed E-state index contributed by atoms with van der Waals surface area (Å²) in [6, 6.07) is 0. The van der Waals surface area contributed by atoms with E-state index in [0.717, 1.165) is 31.3 Å². The van der Waals surface area contributed by atoms with Crippen molar-refractivity contribution in [2.24, 2.45) is 22.7 Å². The molecule has 1 aliphatic heterocycles. The summed E-state index contributed by atoms with van der Waals surface area (Å²) in [7, 11) is 0. The number of carbonyl (C=O) groups excluding carboxylic acids is 1. The van der Waals surface area contributed by atoms with E-state index in [0.29, 0.717) is 17.9 Å². The average molecular weight is 376 g/mol. The highest BCUT2D eigenvalue weighted by atomic mass is 16.6. The molecule has 3 fully saturated rings. The third kappa shape index (κ3) is 2.55. The molecule has 0 amide bonds. The number of rotatable bonds is 3. The topological polar surface area (TPSA) is 90.3 Å². The van der Waals surface area contributed by atoms with Gasteiger partial charge < -0.3 is 20.1 Å². The molecule has 0 aromatic carbocycles. The first kappa shape index (κ1) is 19.3. The fourth-order valence-electron chi connectivity index (χ4n) is 6.53. The van der Waals surface area contributed by atoms with Gasteiger partial charge in [0.15, 0.2) is 11.4 Å². The summed E-state index contributed by atoms with van der Waals surface area (Å²) in [5, 5.41) is 30.4. The summed E-state index contributed by atoms with van der Waals surface area (Å²) >= 11 is 0. The lowest BCUT2D eigenvalue weighted by molar-refractivity contribution is -0.132. The van der Waals surface area contributed by atoms with Gasteiger partial charge in [0.05, 0.1) is 12.7 Å². The van der Waals surface area contributed by atoms with Gasteiger partial charge in [0.2, 0.25) is 0 Å². The maximum atomic E-state index is 12.8. The van der Waals surface area contributed by atoms with Crippen LogP contribution in [0.25, 0.3) is 0 Å². The van der Waals surface area contributed by atoms with Crippen LogP contribution in [0.2, 0.25) is 0 Å². The summed E-state index contributed by atoms with van der Waals surface area (Å²) in [6.07, 6.45) is 3.68. The molecular formula is C22H32O5. The van der Waals surface area contributed by atoms with Crippen molar-refractivity contribution in [1.82, 2.24) is 0 Å². The van der Waals surface area contributed by atoms with Crippen molar-refractivity contribution in [3.63, 3.8) is 0 Å². The van der Waals surface area contributed by atoms with E-state index in [1.165, 1.54) is 6.08 Å². The van der Waals surface area contributed by atoms with Crippen molar-refractivity contribution in [1.29, 1.82) is 0 Å². The number of hydrogen-bond acceptors (Lipinski definition) is 5. The normalized spacial score (nSPS) is 48.5. The van der Waals surface area contributed by atoms with Gasteiger partial charge in [-0.05, 0) is 66.4 Å². The summed E-state index contributed by atoms with van der Waals surface area (Å²) in [4.78, 5) is 12.8. The van der Waals surface area contributed by atoms with E-state index in [9.17, 15) is 20.1 Å². The Morgan fingerprint density at radius 2 is 1.96 bits per heavy atom. The highest BCUT2D eigenvalue weighted by molar-refractivity contribution is 6.02. The first-order valence-corrected chi connectivity index (χ1v) is 10.2. The number of allylic oxidation sites excluding steroid dienone is 1. The minimum atomic E-state index is -0.975. The number of fused-ring (bicyclic) bond motifs is 2. The SMILES string of the molecule is C=C1CC[C@H]2C(C)(C)[C@H](O)CC[C@]2(C)[C@H]1C[C@]12O[C@H]1[C@H](O)C(CO)=CC2=O. The van der Waals surface area contributed by atoms with Crippen LogP contribution in [-0.2, 0) is 9.53 Å². The third-order valence-corrected chi connectivity index (χ3v) is 8.38. The van der Waals surface area contributed by atoms with Crippen LogP contribution in [0.15, 0.2) is 23.8 Å². The Kier molecular flexibility index (Phi) is 4.29. The summed E-state index contributed by atoms with van der Waals surface area (Å²) in [6.45, 7) is 10.6. The first-order chi connectivity index (χ1) is 12.6. The van der Waals surface area contributed by atoms with Gasteiger partial charge in [0.1, 0.15) is 12.2 Å². The predicted octanol–water partition coefficient (Wildman–Crippen LogP) is 2.15. The van der Waals surface area contributed by atoms with Crippen LogP contribution in [0.5, 0.6) is 0 Å². The van der Waals surface area contributed by atoms with Crippen LogP contribution in [0.4, 0.5) is 0 Å². The zero-order valence-corrected chi connectivity index (χ0v) is 16.6. The zero-order valence-electron chi connectivity index (χ0n) is 16.6. The number of epoxide rings is 1. The van der Waals surface area contributed by atoms with Crippen molar-refractivity contribution >= 4 is 5.78 Å². The Balaban J connectivity index is 1.65. The molecule has 0 bridgehead atoms. The van der Waals surface area contributed by atoms with Crippen molar-refractivity contribution in [3.05, 3.63) is 23.8 Å². The zero-order chi connectivity index (χ0) is 19.8. The molecule has 0 aromatic heterocycles. The molecule has 27 heavy (non-hydrogen) atoms. The Labute approximate surface area is 161 Å². The Morgan fingerprint density at radius 3 is 2.63 bits per heavy atom. The van der Waals surface area contributed by atoms with Crippen molar-refractivity contribution < 1.29 is 24.9 Å². The fourth-order valence-corrected chi connectivity index (χ4v) is 6.53. The standard InChI is InChI=1S/C22H32O5/c1-12-5-6-15-20(2,3)16(24)7-8-21(15,4)14(12)10-22-17(25)9-13(11-23)18(26)19(22)27-22/h9,14-16,18-19,23-24,26H,1,5-8,10-11H2,2-4H3/t14-,15-,16+,18+,19-,21+,22+/m0/s1. The minimum absolute atomic E-state index is 0.0461. The van der Waals surface area contributed by atoms with E-state index in [1.54, 1.807) is 0 Å². The van der Waals surface area contributed by atoms with E-state index in [4.69, 9.17) is 4.74 Å². The molecule has 5 nitrogen and oxygen atoms in total. The Bertz CT molecular complexity index is 709. The van der Waals surface area contributed by atoms with Gasteiger partial charge in [-0.3, -0.25) is 4.79 Å². The molecule has 2 saturated carbocycles. The molecule has 7 atom stereocenters. The van der Waals surface area contributed by atoms with Crippen LogP contribution in [0.3, 0.4) is 0 Å². The summed E-state index contributed by atoms with van der Waals surface area (Å²) in [5.41, 5.74) is 0.301. The molecule has 1 heterocycles. The number of ketones is 1. The summed E-state index contributed by atoms with van der Waals surface area (Å²) < 4.78 is 5.82. The smallest absolute Gasteiger partial charge is 0.190 e. The lowest BCUT2D eigenvalue weighted by Crippen LogP contribution is -2.56. The maximum Gasteiger partial charge on any atom is 0.190 e. The molecule has 0 spiro atoms. The molecule has 0 radical (unpaired) electrons. The van der Waals surface area contributed by atoms with Crippen LogP contribution in [0.1, 0.15) is 52.9 Å². The molecule has 1 saturated heterocycles. The van der Waals surface area contributed by atoms with Crippen molar-refractivity contribution in [2.75, 3.05) is 6.61 Å². The number of carbonyl (C=O) groups is 1. The molecule has 4 rings (SSSR count). The Hall–Kier alpha value is -1.01. The quantitative estimate of drug-likeness (QED) is 0.519. The molecule has 0 unspecified atom stereocenters. The largest absolute Gasteiger partial charge is 0.393 e. The van der Waals surface area contributed by atoms with Crippen molar-refractivity contribution in [2.45, 2.75) is 76.8 Å².